The molecule has 0 radical (unpaired) electrons. The van der Waals surface area contributed by atoms with Crippen LogP contribution < -0.4 is 9.64 Å². The quantitative estimate of drug-likeness (QED) is 0.813. The second-order valence-corrected chi connectivity index (χ2v) is 5.42. The molecule has 0 N–H and O–H groups in total. The maximum Gasteiger partial charge on any atom is 0.265 e. The highest BCUT2D eigenvalue weighted by atomic mass is 16.5. The minimum absolute atomic E-state index is 0.0505. The van der Waals surface area contributed by atoms with E-state index in [1.54, 1.807) is 12.0 Å². The molecule has 2 heterocycles. The molecule has 122 valence electrons. The van der Waals surface area contributed by atoms with E-state index in [-0.39, 0.29) is 12.5 Å². The van der Waals surface area contributed by atoms with E-state index in [0.29, 0.717) is 18.9 Å². The van der Waals surface area contributed by atoms with Crippen LogP contribution in [-0.2, 0) is 9.53 Å². The third-order valence-electron chi connectivity index (χ3n) is 3.64. The summed E-state index contributed by atoms with van der Waals surface area (Å²) < 4.78 is 10.6. The molecule has 5 nitrogen and oxygen atoms in total. The molecule has 24 heavy (non-hydrogen) atoms. The van der Waals surface area contributed by atoms with E-state index >= 15 is 0 Å². The smallest absolute Gasteiger partial charge is 0.265 e. The molecule has 0 unspecified atom stereocenters. The molecular weight excluding hydrogens is 304 g/mol. The fourth-order valence-electron chi connectivity index (χ4n) is 2.46. The van der Waals surface area contributed by atoms with E-state index in [9.17, 15) is 4.79 Å². The molecule has 0 aliphatic carbocycles. The summed E-state index contributed by atoms with van der Waals surface area (Å²) in [4.78, 5) is 18.1. The van der Waals surface area contributed by atoms with Crippen LogP contribution >= 0.6 is 0 Å². The standard InChI is InChI=1S/C19H18N2O3/c1-14-4-3-5-16(20-14)8-6-15-7-9-18-17(12-15)21(10-11-23-2)19(22)13-24-18/h3-5,7,9,12H,10-11,13H2,1-2H3. The van der Waals surface area contributed by atoms with Crippen molar-refractivity contribution >= 4 is 11.6 Å². The van der Waals surface area contributed by atoms with Crippen molar-refractivity contribution in [3.8, 4) is 17.6 Å². The highest BCUT2D eigenvalue weighted by molar-refractivity contribution is 5.98. The SMILES string of the molecule is COCCN1C(=O)COc2ccc(C#Cc3cccc(C)n3)cc21. The lowest BCUT2D eigenvalue weighted by molar-refractivity contribution is -0.121. The van der Waals surface area contributed by atoms with Crippen molar-refractivity contribution in [1.82, 2.24) is 4.98 Å². The fourth-order valence-corrected chi connectivity index (χ4v) is 2.46. The van der Waals surface area contributed by atoms with E-state index < -0.39 is 0 Å². The fraction of sp³-hybridized carbons (Fsp3) is 0.263. The number of nitrogens with zero attached hydrogens (tertiary/aromatic N) is 2. The summed E-state index contributed by atoms with van der Waals surface area (Å²) in [6.07, 6.45) is 0. The molecule has 1 aliphatic rings. The van der Waals surface area contributed by atoms with E-state index in [0.717, 1.165) is 22.6 Å². The number of aromatic nitrogens is 1. The number of hydrogen-bond acceptors (Lipinski definition) is 4. The van der Waals surface area contributed by atoms with Crippen molar-refractivity contribution in [3.63, 3.8) is 0 Å². The largest absolute Gasteiger partial charge is 0.482 e. The highest BCUT2D eigenvalue weighted by Crippen LogP contribution is 2.32. The minimum Gasteiger partial charge on any atom is -0.482 e. The number of ether oxygens (including phenoxy) is 2. The first-order valence-electron chi connectivity index (χ1n) is 7.69. The predicted molar refractivity (Wildman–Crippen MR) is 91.1 cm³/mol. The number of carbonyl (C=O) groups is 1. The Labute approximate surface area is 141 Å². The lowest BCUT2D eigenvalue weighted by atomic mass is 10.1. The number of amides is 1. The number of rotatable bonds is 3. The topological polar surface area (TPSA) is 51.7 Å². The highest BCUT2D eigenvalue weighted by Gasteiger charge is 2.25. The van der Waals surface area contributed by atoms with Crippen molar-refractivity contribution in [2.75, 3.05) is 31.8 Å². The van der Waals surface area contributed by atoms with Gasteiger partial charge in [0, 0.05) is 24.9 Å². The van der Waals surface area contributed by atoms with E-state index in [1.165, 1.54) is 0 Å². The first-order valence-corrected chi connectivity index (χ1v) is 7.69. The zero-order valence-electron chi connectivity index (χ0n) is 13.7. The second kappa shape index (κ2) is 7.16. The van der Waals surface area contributed by atoms with Crippen molar-refractivity contribution in [1.29, 1.82) is 0 Å². The average molecular weight is 322 g/mol. The van der Waals surface area contributed by atoms with Gasteiger partial charge in [-0.25, -0.2) is 4.98 Å². The van der Waals surface area contributed by atoms with Gasteiger partial charge in [-0.1, -0.05) is 12.0 Å². The first kappa shape index (κ1) is 16.0. The van der Waals surface area contributed by atoms with E-state index in [1.807, 2.05) is 43.3 Å². The number of anilines is 1. The first-order chi connectivity index (χ1) is 11.7. The van der Waals surface area contributed by atoms with Crippen molar-refractivity contribution in [3.05, 3.63) is 53.3 Å². The van der Waals surface area contributed by atoms with Gasteiger partial charge in [-0.15, -0.1) is 0 Å². The molecule has 0 atom stereocenters. The summed E-state index contributed by atoms with van der Waals surface area (Å²) >= 11 is 0. The van der Waals surface area contributed by atoms with Gasteiger partial charge in [0.2, 0.25) is 0 Å². The molecule has 0 saturated carbocycles. The van der Waals surface area contributed by atoms with Crippen LogP contribution in [0.3, 0.4) is 0 Å². The monoisotopic (exact) mass is 322 g/mol. The van der Waals surface area contributed by atoms with Gasteiger partial charge in [-0.3, -0.25) is 4.79 Å². The normalized spacial score (nSPS) is 12.9. The number of fused-ring (bicyclic) bond motifs is 1. The Hall–Kier alpha value is -2.84. The number of benzene rings is 1. The third-order valence-corrected chi connectivity index (χ3v) is 3.64. The molecule has 0 spiro atoms. The summed E-state index contributed by atoms with van der Waals surface area (Å²) in [6, 6.07) is 11.3. The molecule has 1 aliphatic heterocycles. The van der Waals surface area contributed by atoms with Gasteiger partial charge in [0.05, 0.1) is 12.3 Å². The van der Waals surface area contributed by atoms with Crippen LogP contribution in [0, 0.1) is 18.8 Å². The lowest BCUT2D eigenvalue weighted by Crippen LogP contribution is -2.40. The Balaban J connectivity index is 1.90. The Morgan fingerprint density at radius 2 is 2.17 bits per heavy atom. The van der Waals surface area contributed by atoms with Gasteiger partial charge < -0.3 is 14.4 Å². The van der Waals surface area contributed by atoms with Crippen molar-refractivity contribution < 1.29 is 14.3 Å². The van der Waals surface area contributed by atoms with Gasteiger partial charge in [-0.05, 0) is 43.2 Å². The molecule has 2 aromatic rings. The lowest BCUT2D eigenvalue weighted by Gasteiger charge is -2.29. The van der Waals surface area contributed by atoms with Crippen LogP contribution in [-0.4, -0.2) is 37.8 Å². The predicted octanol–water partition coefficient (Wildman–Crippen LogP) is 2.16. The van der Waals surface area contributed by atoms with Crippen molar-refractivity contribution in [2.45, 2.75) is 6.92 Å². The summed E-state index contributed by atoms with van der Waals surface area (Å²) in [6.45, 7) is 2.94. The van der Waals surface area contributed by atoms with Gasteiger partial charge in [0.15, 0.2) is 6.61 Å². The molecule has 0 bridgehead atoms. The van der Waals surface area contributed by atoms with Crippen LogP contribution in [0.25, 0.3) is 0 Å². The Bertz CT molecular complexity index is 821. The zero-order valence-corrected chi connectivity index (χ0v) is 13.7. The minimum atomic E-state index is -0.0787. The molecule has 5 heteroatoms. The molecule has 0 saturated heterocycles. The van der Waals surface area contributed by atoms with Gasteiger partial charge in [0.25, 0.3) is 5.91 Å². The summed E-state index contributed by atoms with van der Waals surface area (Å²) in [5.41, 5.74) is 3.18. The van der Waals surface area contributed by atoms with Crippen molar-refractivity contribution in [2.24, 2.45) is 0 Å². The third kappa shape index (κ3) is 3.55. The number of carbonyl (C=O) groups excluding carboxylic acids is 1. The molecule has 3 rings (SSSR count). The summed E-state index contributed by atoms with van der Waals surface area (Å²) in [5, 5.41) is 0. The van der Waals surface area contributed by atoms with Gasteiger partial charge >= 0.3 is 0 Å². The van der Waals surface area contributed by atoms with E-state index in [2.05, 4.69) is 16.8 Å². The van der Waals surface area contributed by atoms with Crippen LogP contribution in [0.15, 0.2) is 36.4 Å². The second-order valence-electron chi connectivity index (χ2n) is 5.42. The average Bonchev–Trinajstić information content (AvgIpc) is 2.59. The summed E-state index contributed by atoms with van der Waals surface area (Å²) in [5.74, 6) is 6.75. The van der Waals surface area contributed by atoms with Crippen LogP contribution in [0.4, 0.5) is 5.69 Å². The van der Waals surface area contributed by atoms with Crippen LogP contribution in [0.2, 0.25) is 0 Å². The summed E-state index contributed by atoms with van der Waals surface area (Å²) in [7, 11) is 1.61. The van der Waals surface area contributed by atoms with Crippen LogP contribution in [0.1, 0.15) is 17.0 Å². The number of hydrogen-bond donors (Lipinski definition) is 0. The number of pyridine rings is 1. The Morgan fingerprint density at radius 3 is 2.96 bits per heavy atom. The molecule has 0 fully saturated rings. The molecular formula is C19H18N2O3. The van der Waals surface area contributed by atoms with Gasteiger partial charge in [-0.2, -0.15) is 0 Å². The number of aryl methyl sites for hydroxylation is 1. The maximum absolute atomic E-state index is 12.1. The Kier molecular flexibility index (Phi) is 4.78. The molecule has 1 amide bonds. The molecule has 1 aromatic heterocycles. The van der Waals surface area contributed by atoms with Gasteiger partial charge in [0.1, 0.15) is 11.4 Å². The maximum atomic E-state index is 12.1. The zero-order chi connectivity index (χ0) is 16.9. The van der Waals surface area contributed by atoms with Crippen LogP contribution in [0.5, 0.6) is 5.75 Å². The Morgan fingerprint density at radius 1 is 1.29 bits per heavy atom. The molecule has 1 aromatic carbocycles. The number of methoxy groups -OCH3 is 1. The van der Waals surface area contributed by atoms with E-state index in [4.69, 9.17) is 9.47 Å².